The maximum atomic E-state index is 13.0. The van der Waals surface area contributed by atoms with Crippen LogP contribution in [-0.4, -0.2) is 55.9 Å². The van der Waals surface area contributed by atoms with Crippen LogP contribution in [0.15, 0.2) is 29.2 Å². The predicted molar refractivity (Wildman–Crippen MR) is 107 cm³/mol. The van der Waals surface area contributed by atoms with Crippen molar-refractivity contribution in [1.82, 2.24) is 9.21 Å². The van der Waals surface area contributed by atoms with E-state index in [9.17, 15) is 26.4 Å². The van der Waals surface area contributed by atoms with Crippen molar-refractivity contribution in [3.05, 3.63) is 29.8 Å². The second kappa shape index (κ2) is 8.86. The first-order valence-electron chi connectivity index (χ1n) is 10.5. The molecule has 0 aromatic heterocycles. The molecule has 168 valence electrons. The van der Waals surface area contributed by atoms with Crippen LogP contribution in [0.4, 0.5) is 13.2 Å². The maximum absolute atomic E-state index is 13.0. The van der Waals surface area contributed by atoms with E-state index in [-0.39, 0.29) is 36.9 Å². The maximum Gasteiger partial charge on any atom is 0.393 e. The molecule has 1 atom stereocenters. The third-order valence-electron chi connectivity index (χ3n) is 6.18. The molecule has 0 radical (unpaired) electrons. The summed E-state index contributed by atoms with van der Waals surface area (Å²) in [6.07, 6.45) is -3.23. The summed E-state index contributed by atoms with van der Waals surface area (Å²) in [5.41, 5.74) is 1.05. The van der Waals surface area contributed by atoms with Gasteiger partial charge in [0, 0.05) is 32.1 Å². The number of hydrogen-bond donors (Lipinski definition) is 0. The molecule has 2 aliphatic rings. The number of nitrogens with zero attached hydrogens (tertiary/aromatic N) is 2. The molecule has 1 amide bonds. The van der Waals surface area contributed by atoms with Gasteiger partial charge in [0.05, 0.1) is 10.8 Å². The molecule has 5 nitrogen and oxygen atoms in total. The van der Waals surface area contributed by atoms with Gasteiger partial charge in [-0.2, -0.15) is 17.5 Å². The number of benzene rings is 1. The van der Waals surface area contributed by atoms with Gasteiger partial charge in [0.1, 0.15) is 0 Å². The molecule has 0 spiro atoms. The summed E-state index contributed by atoms with van der Waals surface area (Å²) in [5.74, 6) is -1.87. The largest absolute Gasteiger partial charge is 0.393 e. The number of piperidine rings is 2. The van der Waals surface area contributed by atoms with E-state index in [2.05, 4.69) is 0 Å². The van der Waals surface area contributed by atoms with Crippen LogP contribution in [0, 0.1) is 11.8 Å². The second-order valence-corrected chi connectivity index (χ2v) is 10.5. The van der Waals surface area contributed by atoms with Crippen molar-refractivity contribution in [2.45, 2.75) is 56.5 Å². The number of carbonyl (C=O) groups is 1. The van der Waals surface area contributed by atoms with Gasteiger partial charge in [-0.1, -0.05) is 26.0 Å². The fourth-order valence-electron chi connectivity index (χ4n) is 4.22. The average molecular weight is 447 g/mol. The Labute approximate surface area is 176 Å². The van der Waals surface area contributed by atoms with Crippen molar-refractivity contribution < 1.29 is 26.4 Å². The summed E-state index contributed by atoms with van der Waals surface area (Å²) >= 11 is 0. The molecule has 3 rings (SSSR count). The summed E-state index contributed by atoms with van der Waals surface area (Å²) in [6, 6.07) is 6.82. The van der Waals surface area contributed by atoms with E-state index in [1.165, 1.54) is 9.21 Å². The van der Waals surface area contributed by atoms with Crippen LogP contribution in [0.2, 0.25) is 0 Å². The van der Waals surface area contributed by atoms with E-state index in [4.69, 9.17) is 0 Å². The quantitative estimate of drug-likeness (QED) is 0.702. The lowest BCUT2D eigenvalue weighted by molar-refractivity contribution is -0.188. The van der Waals surface area contributed by atoms with Crippen LogP contribution >= 0.6 is 0 Å². The van der Waals surface area contributed by atoms with Crippen LogP contribution in [0.3, 0.4) is 0 Å². The van der Waals surface area contributed by atoms with Gasteiger partial charge in [0.25, 0.3) is 0 Å². The van der Waals surface area contributed by atoms with Gasteiger partial charge in [-0.15, -0.1) is 0 Å². The zero-order valence-electron chi connectivity index (χ0n) is 17.4. The summed E-state index contributed by atoms with van der Waals surface area (Å²) in [6.45, 7) is 4.51. The normalized spacial score (nSPS) is 22.5. The lowest BCUT2D eigenvalue weighted by atomic mass is 9.92. The van der Waals surface area contributed by atoms with Crippen LogP contribution < -0.4 is 0 Å². The molecule has 0 aliphatic carbocycles. The van der Waals surface area contributed by atoms with Crippen molar-refractivity contribution in [3.8, 4) is 0 Å². The number of carbonyl (C=O) groups excluding carboxylic acids is 1. The zero-order chi connectivity index (χ0) is 22.1. The molecule has 0 saturated carbocycles. The third kappa shape index (κ3) is 4.99. The van der Waals surface area contributed by atoms with Crippen molar-refractivity contribution in [1.29, 1.82) is 0 Å². The van der Waals surface area contributed by atoms with Gasteiger partial charge >= 0.3 is 6.18 Å². The Morgan fingerprint density at radius 3 is 2.17 bits per heavy atom. The molecular weight excluding hydrogens is 417 g/mol. The smallest absolute Gasteiger partial charge is 0.342 e. The van der Waals surface area contributed by atoms with E-state index >= 15 is 0 Å². The Hall–Kier alpha value is -1.61. The number of likely N-dealkylation sites (tertiary alicyclic amines) is 1. The molecule has 0 unspecified atom stereocenters. The number of alkyl halides is 3. The highest BCUT2D eigenvalue weighted by molar-refractivity contribution is 7.89. The Kier molecular flexibility index (Phi) is 6.81. The van der Waals surface area contributed by atoms with Gasteiger partial charge < -0.3 is 4.90 Å². The van der Waals surface area contributed by atoms with Crippen LogP contribution in [-0.2, 0) is 14.8 Å². The van der Waals surface area contributed by atoms with Crippen molar-refractivity contribution >= 4 is 15.9 Å². The highest BCUT2D eigenvalue weighted by atomic mass is 32.2. The van der Waals surface area contributed by atoms with Crippen molar-refractivity contribution in [2.75, 3.05) is 26.2 Å². The van der Waals surface area contributed by atoms with Crippen molar-refractivity contribution in [3.63, 3.8) is 0 Å². The fraction of sp³-hybridized carbons (Fsp3) is 0.667. The standard InChI is InChI=1S/C21H29F3N2O3S/c1-15(2)16-5-7-19(8-6-16)30(28,29)26-12-9-17(10-13-26)20(27)25-11-3-4-18(14-25)21(22,23)24/h5-8,15,17-18H,3-4,9-14H2,1-2H3/t18-/m1/s1. The van der Waals surface area contributed by atoms with Gasteiger partial charge in [-0.05, 0) is 49.3 Å². The number of hydrogen-bond acceptors (Lipinski definition) is 3. The molecule has 2 heterocycles. The van der Waals surface area contributed by atoms with Gasteiger partial charge in [0.2, 0.25) is 15.9 Å². The second-order valence-electron chi connectivity index (χ2n) is 8.57. The summed E-state index contributed by atoms with van der Waals surface area (Å²) in [7, 11) is -3.65. The number of sulfonamides is 1. The molecule has 2 fully saturated rings. The van der Waals surface area contributed by atoms with Crippen LogP contribution in [0.1, 0.15) is 51.0 Å². The van der Waals surface area contributed by atoms with Gasteiger partial charge in [-0.25, -0.2) is 8.42 Å². The Balaban J connectivity index is 1.60. The molecule has 30 heavy (non-hydrogen) atoms. The Morgan fingerprint density at radius 2 is 1.63 bits per heavy atom. The highest BCUT2D eigenvalue weighted by Gasteiger charge is 2.44. The number of halogens is 3. The number of rotatable bonds is 4. The Bertz CT molecular complexity index is 845. The topological polar surface area (TPSA) is 57.7 Å². The summed E-state index contributed by atoms with van der Waals surface area (Å²) < 4.78 is 66.2. The zero-order valence-corrected chi connectivity index (χ0v) is 18.2. The predicted octanol–water partition coefficient (Wildman–Crippen LogP) is 4.01. The molecule has 2 aliphatic heterocycles. The minimum Gasteiger partial charge on any atom is -0.342 e. The fourth-order valence-corrected chi connectivity index (χ4v) is 5.69. The minimum absolute atomic E-state index is 0.0551. The average Bonchev–Trinajstić information content (AvgIpc) is 2.73. The lowest BCUT2D eigenvalue weighted by Gasteiger charge is -2.38. The first-order valence-corrected chi connectivity index (χ1v) is 11.9. The minimum atomic E-state index is -4.29. The van der Waals surface area contributed by atoms with Crippen molar-refractivity contribution in [2.24, 2.45) is 11.8 Å². The third-order valence-corrected chi connectivity index (χ3v) is 8.10. The molecule has 2 saturated heterocycles. The molecule has 1 aromatic rings. The van der Waals surface area contributed by atoms with E-state index in [0.29, 0.717) is 31.7 Å². The molecule has 0 bridgehead atoms. The van der Waals surface area contributed by atoms with Crippen LogP contribution in [0.5, 0.6) is 0 Å². The molecule has 9 heteroatoms. The van der Waals surface area contributed by atoms with E-state index in [0.717, 1.165) is 5.56 Å². The molecule has 1 aromatic carbocycles. The van der Waals surface area contributed by atoms with Gasteiger partial charge in [0.15, 0.2) is 0 Å². The monoisotopic (exact) mass is 446 g/mol. The molecule has 0 N–H and O–H groups in total. The Morgan fingerprint density at radius 1 is 1.03 bits per heavy atom. The number of amides is 1. The van der Waals surface area contributed by atoms with E-state index in [1.54, 1.807) is 24.3 Å². The van der Waals surface area contributed by atoms with Gasteiger partial charge in [-0.3, -0.25) is 4.79 Å². The van der Waals surface area contributed by atoms with E-state index < -0.39 is 28.0 Å². The lowest BCUT2D eigenvalue weighted by Crippen LogP contribution is -2.49. The SMILES string of the molecule is CC(C)c1ccc(S(=O)(=O)N2CCC(C(=O)N3CCC[C@@H](C(F)(F)F)C3)CC2)cc1. The molecular formula is C21H29F3N2O3S. The highest BCUT2D eigenvalue weighted by Crippen LogP contribution is 2.34. The van der Waals surface area contributed by atoms with Crippen LogP contribution in [0.25, 0.3) is 0 Å². The summed E-state index contributed by atoms with van der Waals surface area (Å²) in [4.78, 5) is 14.3. The first kappa shape index (κ1) is 23.1. The first-order chi connectivity index (χ1) is 14.0. The van der Waals surface area contributed by atoms with E-state index in [1.807, 2.05) is 13.8 Å². The summed E-state index contributed by atoms with van der Waals surface area (Å²) in [5, 5.41) is 0.